The quantitative estimate of drug-likeness (QED) is 0.702. The highest BCUT2D eigenvalue weighted by atomic mass is 32.2. The molecule has 0 aliphatic carbocycles. The maximum atomic E-state index is 12.7. The highest BCUT2D eigenvalue weighted by Gasteiger charge is 2.43. The summed E-state index contributed by atoms with van der Waals surface area (Å²) < 4.78 is 38.5. The Bertz CT molecular complexity index is 479. The van der Waals surface area contributed by atoms with Crippen molar-refractivity contribution in [2.45, 2.75) is 45.3 Å². The van der Waals surface area contributed by atoms with Gasteiger partial charge in [-0.05, 0) is 33.6 Å². The number of hydrogen-bond acceptors (Lipinski definition) is 5. The first kappa shape index (κ1) is 16.7. The molecule has 0 radical (unpaired) electrons. The molecule has 0 amide bonds. The zero-order valence-electron chi connectivity index (χ0n) is 12.9. The molecule has 0 bridgehead atoms. The Labute approximate surface area is 126 Å². The van der Waals surface area contributed by atoms with Gasteiger partial charge in [0.2, 0.25) is 0 Å². The molecule has 2 aliphatic rings. The smallest absolute Gasteiger partial charge is 0.325 e. The zero-order chi connectivity index (χ0) is 15.7. The second kappa shape index (κ2) is 6.20. The van der Waals surface area contributed by atoms with Crippen LogP contribution in [0.15, 0.2) is 0 Å². The summed E-state index contributed by atoms with van der Waals surface area (Å²) >= 11 is 0. The van der Waals surface area contributed by atoms with E-state index in [9.17, 15) is 13.2 Å². The first-order valence-electron chi connectivity index (χ1n) is 7.29. The van der Waals surface area contributed by atoms with Crippen LogP contribution in [0, 0.1) is 0 Å². The molecule has 1 atom stereocenters. The van der Waals surface area contributed by atoms with Crippen LogP contribution in [0.3, 0.4) is 0 Å². The molecule has 2 heterocycles. The van der Waals surface area contributed by atoms with E-state index >= 15 is 0 Å². The van der Waals surface area contributed by atoms with Crippen LogP contribution < -0.4 is 0 Å². The van der Waals surface area contributed by atoms with Gasteiger partial charge >= 0.3 is 5.97 Å². The van der Waals surface area contributed by atoms with Gasteiger partial charge in [-0.1, -0.05) is 0 Å². The predicted molar refractivity (Wildman–Crippen MR) is 76.9 cm³/mol. The number of carbonyl (C=O) groups excluding carboxylic acids is 1. The van der Waals surface area contributed by atoms with Gasteiger partial charge in [-0.15, -0.1) is 0 Å². The van der Waals surface area contributed by atoms with Crippen LogP contribution in [-0.2, 0) is 24.5 Å². The number of ether oxygens (including phenoxy) is 2. The molecule has 2 rings (SSSR count). The van der Waals surface area contributed by atoms with Crippen LogP contribution in [0.25, 0.3) is 0 Å². The lowest BCUT2D eigenvalue weighted by atomic mass is 10.2. The summed E-state index contributed by atoms with van der Waals surface area (Å²) in [5.41, 5.74) is -0.617. The number of carbonyl (C=O) groups is 1. The van der Waals surface area contributed by atoms with Gasteiger partial charge in [-0.3, -0.25) is 4.79 Å². The molecule has 8 heteroatoms. The van der Waals surface area contributed by atoms with Crippen LogP contribution >= 0.6 is 0 Å². The van der Waals surface area contributed by atoms with Crippen LogP contribution in [-0.4, -0.2) is 67.5 Å². The van der Waals surface area contributed by atoms with E-state index in [4.69, 9.17) is 9.47 Å². The normalized spacial score (nSPS) is 26.0. The fourth-order valence-corrected chi connectivity index (χ4v) is 4.33. The topological polar surface area (TPSA) is 76.2 Å². The average Bonchev–Trinajstić information content (AvgIpc) is 2.88. The third-order valence-electron chi connectivity index (χ3n) is 3.48. The van der Waals surface area contributed by atoms with E-state index in [1.807, 2.05) is 0 Å². The molecular weight excluding hydrogens is 296 g/mol. The van der Waals surface area contributed by atoms with Crippen molar-refractivity contribution in [2.75, 3.05) is 32.8 Å². The molecule has 0 aromatic carbocycles. The molecular formula is C13H24N2O5S. The third kappa shape index (κ3) is 3.94. The molecule has 7 nitrogen and oxygen atoms in total. The molecule has 122 valence electrons. The van der Waals surface area contributed by atoms with Crippen LogP contribution in [0.5, 0.6) is 0 Å². The van der Waals surface area contributed by atoms with Gasteiger partial charge < -0.3 is 9.47 Å². The third-order valence-corrected chi connectivity index (χ3v) is 5.52. The molecule has 0 saturated carbocycles. The lowest BCUT2D eigenvalue weighted by molar-refractivity contribution is -0.158. The average molecular weight is 320 g/mol. The van der Waals surface area contributed by atoms with E-state index in [1.54, 1.807) is 20.8 Å². The summed E-state index contributed by atoms with van der Waals surface area (Å²) in [6.45, 7) is 7.15. The highest BCUT2D eigenvalue weighted by Crippen LogP contribution is 2.26. The van der Waals surface area contributed by atoms with Crippen molar-refractivity contribution in [2.24, 2.45) is 0 Å². The minimum Gasteiger partial charge on any atom is -0.459 e. The summed E-state index contributed by atoms with van der Waals surface area (Å²) in [7, 11) is -3.63. The maximum absolute atomic E-state index is 12.7. The first-order valence-corrected chi connectivity index (χ1v) is 8.69. The van der Waals surface area contributed by atoms with Gasteiger partial charge in [-0.25, -0.2) is 0 Å². The number of rotatable bonds is 3. The van der Waals surface area contributed by atoms with E-state index < -0.39 is 27.8 Å². The largest absolute Gasteiger partial charge is 0.459 e. The molecule has 2 saturated heterocycles. The Hall–Kier alpha value is -0.700. The van der Waals surface area contributed by atoms with Crippen LogP contribution in [0.1, 0.15) is 33.6 Å². The number of nitrogens with zero attached hydrogens (tertiary/aromatic N) is 2. The molecule has 0 aromatic rings. The number of hydrogen-bond donors (Lipinski definition) is 0. The van der Waals surface area contributed by atoms with E-state index in [0.717, 1.165) is 0 Å². The Morgan fingerprint density at radius 1 is 1.19 bits per heavy atom. The summed E-state index contributed by atoms with van der Waals surface area (Å²) in [5.74, 6) is -0.461. The molecule has 0 spiro atoms. The Balaban J connectivity index is 2.12. The van der Waals surface area contributed by atoms with Crippen LogP contribution in [0.2, 0.25) is 0 Å². The van der Waals surface area contributed by atoms with Gasteiger partial charge in [-0.2, -0.15) is 17.0 Å². The minimum atomic E-state index is -3.63. The van der Waals surface area contributed by atoms with Crippen molar-refractivity contribution >= 4 is 16.2 Å². The van der Waals surface area contributed by atoms with Gasteiger partial charge in [0.1, 0.15) is 11.6 Å². The lowest BCUT2D eigenvalue weighted by Gasteiger charge is -2.33. The van der Waals surface area contributed by atoms with Gasteiger partial charge in [0.25, 0.3) is 10.2 Å². The summed E-state index contributed by atoms with van der Waals surface area (Å²) in [4.78, 5) is 12.2. The van der Waals surface area contributed by atoms with E-state index in [1.165, 1.54) is 8.61 Å². The van der Waals surface area contributed by atoms with Gasteiger partial charge in [0, 0.05) is 19.6 Å². The summed E-state index contributed by atoms with van der Waals surface area (Å²) in [5, 5.41) is 0. The van der Waals surface area contributed by atoms with Crippen molar-refractivity contribution in [3.63, 3.8) is 0 Å². The second-order valence-electron chi connectivity index (χ2n) is 6.32. The molecule has 0 N–H and O–H groups in total. The zero-order valence-corrected chi connectivity index (χ0v) is 13.7. The molecule has 2 aliphatic heterocycles. The molecule has 0 aromatic heterocycles. The Morgan fingerprint density at radius 3 is 2.38 bits per heavy atom. The fourth-order valence-electron chi connectivity index (χ4n) is 2.55. The fraction of sp³-hybridized carbons (Fsp3) is 0.923. The van der Waals surface area contributed by atoms with E-state index in [0.29, 0.717) is 45.7 Å². The Morgan fingerprint density at radius 2 is 1.81 bits per heavy atom. The lowest BCUT2D eigenvalue weighted by Crippen LogP contribution is -2.52. The minimum absolute atomic E-state index is 0.333. The van der Waals surface area contributed by atoms with E-state index in [-0.39, 0.29) is 0 Å². The number of morpholine rings is 1. The van der Waals surface area contributed by atoms with Crippen molar-refractivity contribution < 1.29 is 22.7 Å². The van der Waals surface area contributed by atoms with Crippen molar-refractivity contribution in [3.8, 4) is 0 Å². The van der Waals surface area contributed by atoms with Crippen molar-refractivity contribution in [1.82, 2.24) is 8.61 Å². The van der Waals surface area contributed by atoms with Crippen molar-refractivity contribution in [1.29, 1.82) is 0 Å². The SMILES string of the molecule is CC(C)(C)OC(=O)[C@@H]1CCCN1S(=O)(=O)N1CCOCC1. The highest BCUT2D eigenvalue weighted by molar-refractivity contribution is 7.86. The maximum Gasteiger partial charge on any atom is 0.325 e. The summed E-state index contributed by atoms with van der Waals surface area (Å²) in [6, 6.07) is -0.711. The first-order chi connectivity index (χ1) is 9.72. The summed E-state index contributed by atoms with van der Waals surface area (Å²) in [6.07, 6.45) is 1.19. The van der Waals surface area contributed by atoms with Gasteiger partial charge in [0.05, 0.1) is 13.2 Å². The standard InChI is InChI=1S/C13H24N2O5S/c1-13(2,3)20-12(16)11-5-4-6-15(11)21(17,18)14-7-9-19-10-8-14/h11H,4-10H2,1-3H3/t11-/m0/s1. The molecule has 21 heavy (non-hydrogen) atoms. The van der Waals surface area contributed by atoms with E-state index in [2.05, 4.69) is 0 Å². The van der Waals surface area contributed by atoms with Gasteiger partial charge in [0.15, 0.2) is 0 Å². The van der Waals surface area contributed by atoms with Crippen LogP contribution in [0.4, 0.5) is 0 Å². The monoisotopic (exact) mass is 320 g/mol. The Kier molecular flexibility index (Phi) is 4.92. The molecule has 2 fully saturated rings. The van der Waals surface area contributed by atoms with Crippen molar-refractivity contribution in [3.05, 3.63) is 0 Å². The number of esters is 1. The second-order valence-corrected chi connectivity index (χ2v) is 8.20. The molecule has 0 unspecified atom stereocenters. The predicted octanol–water partition coefficient (Wildman–Crippen LogP) is 0.370.